The van der Waals surface area contributed by atoms with Crippen LogP contribution in [-0.4, -0.2) is 48.8 Å². The Kier molecular flexibility index (Phi) is 7.95. The van der Waals surface area contributed by atoms with Crippen LogP contribution in [0.3, 0.4) is 0 Å². The average molecular weight is 544 g/mol. The van der Waals surface area contributed by atoms with Crippen LogP contribution < -0.4 is 0 Å². The van der Waals surface area contributed by atoms with Crippen molar-refractivity contribution < 1.29 is 26.7 Å². The van der Waals surface area contributed by atoms with Gasteiger partial charge in [-0.05, 0) is 49.8 Å². The highest BCUT2D eigenvalue weighted by Gasteiger charge is 2.41. The highest BCUT2D eigenvalue weighted by Crippen LogP contribution is 2.39. The molecule has 3 heterocycles. The molecule has 0 bridgehead atoms. The maximum Gasteiger partial charge on any atom is 0.242 e. The van der Waals surface area contributed by atoms with Gasteiger partial charge in [-0.1, -0.05) is 42.5 Å². The van der Waals surface area contributed by atoms with Gasteiger partial charge in [0.1, 0.15) is 17.7 Å². The first-order valence-corrected chi connectivity index (χ1v) is 14.6. The van der Waals surface area contributed by atoms with E-state index in [0.717, 1.165) is 17.5 Å². The number of halogens is 1. The second-order valence-electron chi connectivity index (χ2n) is 10.3. The molecule has 0 N–H and O–H groups in total. The van der Waals surface area contributed by atoms with Gasteiger partial charge in [0.05, 0.1) is 6.61 Å². The normalized spacial score (nSPS) is 23.3. The smallest absolute Gasteiger partial charge is 0.242 e. The lowest BCUT2D eigenvalue weighted by molar-refractivity contribution is -0.00883. The highest BCUT2D eigenvalue weighted by atomic mass is 32.2. The number of aryl methyl sites for hydroxylation is 1. The summed E-state index contributed by atoms with van der Waals surface area (Å²) in [5, 5.41) is 7.17. The van der Waals surface area contributed by atoms with E-state index < -0.39 is 26.5 Å². The molecule has 1 aromatic heterocycles. The van der Waals surface area contributed by atoms with Crippen molar-refractivity contribution in [3.8, 4) is 0 Å². The second kappa shape index (κ2) is 11.2. The van der Waals surface area contributed by atoms with Gasteiger partial charge in [0, 0.05) is 43.7 Å². The molecule has 0 radical (unpaired) electrons. The van der Waals surface area contributed by atoms with Crippen LogP contribution in [0.5, 0.6) is 0 Å². The lowest BCUT2D eigenvalue weighted by Gasteiger charge is -2.38. The van der Waals surface area contributed by atoms with Crippen molar-refractivity contribution >= 4 is 10.0 Å². The van der Waals surface area contributed by atoms with Crippen molar-refractivity contribution in [3.63, 3.8) is 0 Å². The van der Waals surface area contributed by atoms with Crippen LogP contribution in [0.4, 0.5) is 4.39 Å². The van der Waals surface area contributed by atoms with Crippen LogP contribution in [-0.2, 0) is 38.1 Å². The van der Waals surface area contributed by atoms with Gasteiger partial charge in [0.2, 0.25) is 21.8 Å². The lowest BCUT2D eigenvalue weighted by Crippen LogP contribution is -2.45. The molecule has 0 spiro atoms. The van der Waals surface area contributed by atoms with Crippen molar-refractivity contribution in [1.82, 2.24) is 14.5 Å². The molecule has 204 valence electrons. The van der Waals surface area contributed by atoms with Crippen molar-refractivity contribution in [1.29, 1.82) is 0 Å². The number of benzene rings is 2. The molecule has 2 fully saturated rings. The molecule has 0 amide bonds. The zero-order valence-electron chi connectivity index (χ0n) is 21.8. The molecule has 38 heavy (non-hydrogen) atoms. The highest BCUT2D eigenvalue weighted by molar-refractivity contribution is 7.89. The first-order chi connectivity index (χ1) is 18.3. The molecule has 0 aliphatic carbocycles. The van der Waals surface area contributed by atoms with Crippen LogP contribution >= 0.6 is 0 Å². The Hall–Kier alpha value is -2.66. The van der Waals surface area contributed by atoms with Crippen LogP contribution in [0.25, 0.3) is 0 Å². The zero-order chi connectivity index (χ0) is 26.8. The van der Waals surface area contributed by atoms with Crippen LogP contribution in [0.15, 0.2) is 52.9 Å². The molecule has 10 heteroatoms. The summed E-state index contributed by atoms with van der Waals surface area (Å²) in [5.41, 5.74) is 1.54. The van der Waals surface area contributed by atoms with Gasteiger partial charge in [0.15, 0.2) is 0 Å². The Bertz CT molecular complexity index is 1340. The minimum absolute atomic E-state index is 0.00206. The van der Waals surface area contributed by atoms with E-state index in [1.165, 1.54) is 10.4 Å². The zero-order valence-corrected chi connectivity index (χ0v) is 22.6. The van der Waals surface area contributed by atoms with E-state index in [1.54, 1.807) is 13.0 Å². The van der Waals surface area contributed by atoms with Gasteiger partial charge in [0.25, 0.3) is 0 Å². The van der Waals surface area contributed by atoms with Gasteiger partial charge in [-0.3, -0.25) is 0 Å². The molecule has 2 atom stereocenters. The van der Waals surface area contributed by atoms with E-state index in [1.807, 2.05) is 43.3 Å². The molecule has 8 nitrogen and oxygen atoms in total. The number of nitrogens with zero attached hydrogens (tertiary/aromatic N) is 3. The molecule has 0 unspecified atom stereocenters. The fraction of sp³-hybridized carbons (Fsp3) is 0.500. The number of hydrogen-bond donors (Lipinski definition) is 0. The summed E-state index contributed by atoms with van der Waals surface area (Å²) in [6.07, 6.45) is 2.65. The Morgan fingerprint density at radius 2 is 1.87 bits per heavy atom. The number of ether oxygens (including phenoxy) is 2. The average Bonchev–Trinajstić information content (AvgIpc) is 3.33. The molecule has 2 aliphatic heterocycles. The summed E-state index contributed by atoms with van der Waals surface area (Å²) in [7, 11) is -3.65. The van der Waals surface area contributed by atoms with E-state index in [2.05, 4.69) is 10.2 Å². The predicted octanol–water partition coefficient (Wildman–Crippen LogP) is 4.84. The van der Waals surface area contributed by atoms with Crippen LogP contribution in [0.2, 0.25) is 0 Å². The Morgan fingerprint density at radius 3 is 2.55 bits per heavy atom. The standard InChI is InChI=1S/C28H34FN3O5S/c1-20-8-11-26(22-6-4-3-5-7-22)38(33,34)32(20)17-23-9-10-24(16-25(23)29)28(12-14-35-15-13-28)19-36-18-27-31-30-21(2)37-27/h3-7,9-10,16,20,26H,8,11-15,17-19H2,1-2H3/t20-,26+/m0/s1. The van der Waals surface area contributed by atoms with Gasteiger partial charge in [-0.25, -0.2) is 12.8 Å². The van der Waals surface area contributed by atoms with Crippen LogP contribution in [0, 0.1) is 12.7 Å². The van der Waals surface area contributed by atoms with E-state index >= 15 is 4.39 Å². The minimum atomic E-state index is -3.65. The molecule has 5 rings (SSSR count). The van der Waals surface area contributed by atoms with Crippen molar-refractivity contribution in [3.05, 3.63) is 82.8 Å². The van der Waals surface area contributed by atoms with Crippen LogP contribution in [0.1, 0.15) is 66.3 Å². The molecular weight excluding hydrogens is 509 g/mol. The van der Waals surface area contributed by atoms with Gasteiger partial charge in [-0.2, -0.15) is 4.31 Å². The summed E-state index contributed by atoms with van der Waals surface area (Å²) in [5.74, 6) is 0.462. The Balaban J connectivity index is 1.35. The summed E-state index contributed by atoms with van der Waals surface area (Å²) in [4.78, 5) is 0. The topological polar surface area (TPSA) is 94.8 Å². The molecule has 2 aromatic carbocycles. The lowest BCUT2D eigenvalue weighted by atomic mass is 9.74. The Morgan fingerprint density at radius 1 is 1.11 bits per heavy atom. The third-order valence-corrected chi connectivity index (χ3v) is 10.2. The summed E-state index contributed by atoms with van der Waals surface area (Å²) >= 11 is 0. The third kappa shape index (κ3) is 5.54. The van der Waals surface area contributed by atoms with E-state index in [4.69, 9.17) is 13.9 Å². The van der Waals surface area contributed by atoms with Gasteiger partial charge < -0.3 is 13.9 Å². The van der Waals surface area contributed by atoms with Gasteiger partial charge >= 0.3 is 0 Å². The van der Waals surface area contributed by atoms with Gasteiger partial charge in [-0.15, -0.1) is 10.2 Å². The first kappa shape index (κ1) is 26.9. The molecular formula is C28H34FN3O5S. The van der Waals surface area contributed by atoms with Crippen molar-refractivity contribution in [2.45, 2.75) is 69.4 Å². The summed E-state index contributed by atoms with van der Waals surface area (Å²) in [6.45, 7) is 5.25. The Labute approximate surface area is 223 Å². The van der Waals surface area contributed by atoms with E-state index in [9.17, 15) is 8.42 Å². The maximum atomic E-state index is 15.6. The number of hydrogen-bond acceptors (Lipinski definition) is 7. The largest absolute Gasteiger partial charge is 0.423 e. The number of aromatic nitrogens is 2. The molecule has 2 saturated heterocycles. The molecule has 0 saturated carbocycles. The maximum absolute atomic E-state index is 15.6. The SMILES string of the molecule is Cc1nnc(COCC2(c3ccc(CN4[C@@H](C)CC[C@H](c5ccccc5)S4(=O)=O)c(F)c3)CCOCC2)o1. The second-order valence-corrected chi connectivity index (χ2v) is 12.4. The van der Waals surface area contributed by atoms with E-state index in [0.29, 0.717) is 56.4 Å². The quantitative estimate of drug-likeness (QED) is 0.401. The van der Waals surface area contributed by atoms with Crippen molar-refractivity contribution in [2.75, 3.05) is 19.8 Å². The predicted molar refractivity (Wildman–Crippen MR) is 139 cm³/mol. The number of sulfonamides is 1. The number of rotatable bonds is 8. The van der Waals surface area contributed by atoms with E-state index in [-0.39, 0.29) is 19.2 Å². The summed E-state index contributed by atoms with van der Waals surface area (Å²) < 4.78 is 61.2. The fourth-order valence-electron chi connectivity index (χ4n) is 5.53. The fourth-order valence-corrected chi connectivity index (χ4v) is 7.72. The van der Waals surface area contributed by atoms with Crippen molar-refractivity contribution in [2.24, 2.45) is 0 Å². The monoisotopic (exact) mass is 543 g/mol. The molecule has 3 aromatic rings. The first-order valence-electron chi connectivity index (χ1n) is 13.1. The molecule has 2 aliphatic rings. The summed E-state index contributed by atoms with van der Waals surface area (Å²) in [6, 6.07) is 14.2. The third-order valence-electron chi connectivity index (χ3n) is 7.81. The minimum Gasteiger partial charge on any atom is -0.423 e.